The van der Waals surface area contributed by atoms with Crippen LogP contribution in [-0.4, -0.2) is 42.6 Å². The summed E-state index contributed by atoms with van der Waals surface area (Å²) in [5.74, 6) is -1.15. The first-order valence-electron chi connectivity index (χ1n) is 9.36. The number of pyridine rings is 1. The van der Waals surface area contributed by atoms with E-state index in [0.29, 0.717) is 18.4 Å². The lowest BCUT2D eigenvalue weighted by molar-refractivity contribution is -0.126. The zero-order valence-electron chi connectivity index (χ0n) is 16.4. The molecule has 0 radical (unpaired) electrons. The summed E-state index contributed by atoms with van der Waals surface area (Å²) in [6.45, 7) is 4.32. The maximum absolute atomic E-state index is 12.9. The van der Waals surface area contributed by atoms with Crippen molar-refractivity contribution in [3.8, 4) is 0 Å². The van der Waals surface area contributed by atoms with Gasteiger partial charge >= 0.3 is 0 Å². The van der Waals surface area contributed by atoms with Crippen molar-refractivity contribution in [3.05, 3.63) is 59.4 Å². The van der Waals surface area contributed by atoms with Gasteiger partial charge in [0.1, 0.15) is 0 Å². The topological polar surface area (TPSA) is 108 Å². The molecule has 1 aromatic heterocycles. The lowest BCUT2D eigenvalue weighted by Gasteiger charge is -2.30. The summed E-state index contributed by atoms with van der Waals surface area (Å²) in [4.78, 5) is 28.4. The summed E-state index contributed by atoms with van der Waals surface area (Å²) in [7, 11) is -3.59. The smallest absolute Gasteiger partial charge is 0.271 e. The Kier molecular flexibility index (Phi) is 6.29. The van der Waals surface area contributed by atoms with Crippen LogP contribution in [0.25, 0.3) is 0 Å². The molecule has 0 bridgehead atoms. The van der Waals surface area contributed by atoms with Gasteiger partial charge in [-0.2, -0.15) is 4.31 Å². The first kappa shape index (κ1) is 20.9. The molecule has 2 heterocycles. The van der Waals surface area contributed by atoms with E-state index >= 15 is 0 Å². The standard InChI is InChI=1S/C20H24N4O4S/c1-14-5-6-18(12-15(14)2)29(27,28)24-10-7-16(8-11-24)19(25)22-23-20(26)17-4-3-9-21-13-17/h3-6,9,12-13,16H,7-8,10-11H2,1-2H3,(H,22,25)(H,23,26). The number of hydrazine groups is 1. The number of carbonyl (C=O) groups excluding carboxylic acids is 2. The molecule has 0 aliphatic carbocycles. The molecule has 8 nitrogen and oxygen atoms in total. The first-order chi connectivity index (χ1) is 13.8. The summed E-state index contributed by atoms with van der Waals surface area (Å²) in [5.41, 5.74) is 7.07. The van der Waals surface area contributed by atoms with Crippen LogP contribution in [0.15, 0.2) is 47.6 Å². The fourth-order valence-electron chi connectivity index (χ4n) is 3.17. The number of hydrogen-bond acceptors (Lipinski definition) is 5. The Morgan fingerprint density at radius 1 is 1.07 bits per heavy atom. The third-order valence-corrected chi connectivity index (χ3v) is 7.06. The minimum absolute atomic E-state index is 0.254. The van der Waals surface area contributed by atoms with Crippen LogP contribution in [-0.2, 0) is 14.8 Å². The van der Waals surface area contributed by atoms with E-state index in [9.17, 15) is 18.0 Å². The van der Waals surface area contributed by atoms with E-state index in [1.165, 1.54) is 10.5 Å². The number of carbonyl (C=O) groups is 2. The average Bonchev–Trinajstić information content (AvgIpc) is 2.74. The van der Waals surface area contributed by atoms with Crippen LogP contribution in [0.4, 0.5) is 0 Å². The van der Waals surface area contributed by atoms with E-state index in [2.05, 4.69) is 15.8 Å². The minimum atomic E-state index is -3.59. The maximum Gasteiger partial charge on any atom is 0.271 e. The van der Waals surface area contributed by atoms with Crippen molar-refractivity contribution >= 4 is 21.8 Å². The molecular weight excluding hydrogens is 392 g/mol. The van der Waals surface area contributed by atoms with E-state index in [-0.39, 0.29) is 29.8 Å². The van der Waals surface area contributed by atoms with Crippen molar-refractivity contribution in [1.82, 2.24) is 20.1 Å². The summed E-state index contributed by atoms with van der Waals surface area (Å²) in [5, 5.41) is 0. The predicted molar refractivity (Wildman–Crippen MR) is 107 cm³/mol. The van der Waals surface area contributed by atoms with Crippen LogP contribution in [0.1, 0.15) is 34.3 Å². The van der Waals surface area contributed by atoms with Gasteiger partial charge in [-0.3, -0.25) is 25.4 Å². The molecule has 0 spiro atoms. The van der Waals surface area contributed by atoms with Crippen molar-refractivity contribution in [2.45, 2.75) is 31.6 Å². The van der Waals surface area contributed by atoms with E-state index in [1.807, 2.05) is 13.8 Å². The number of aromatic nitrogens is 1. The largest absolute Gasteiger partial charge is 0.273 e. The number of rotatable bonds is 4. The van der Waals surface area contributed by atoms with Gasteiger partial charge in [0.15, 0.2) is 0 Å². The molecule has 29 heavy (non-hydrogen) atoms. The summed E-state index contributed by atoms with van der Waals surface area (Å²) >= 11 is 0. The Bertz CT molecular complexity index is 1000. The zero-order chi connectivity index (χ0) is 21.0. The van der Waals surface area contributed by atoms with E-state index in [1.54, 1.807) is 36.5 Å². The average molecular weight is 417 g/mol. The molecule has 3 rings (SSSR count). The van der Waals surface area contributed by atoms with Gasteiger partial charge in [-0.1, -0.05) is 6.07 Å². The molecule has 1 aromatic carbocycles. The highest BCUT2D eigenvalue weighted by molar-refractivity contribution is 7.89. The van der Waals surface area contributed by atoms with Gasteiger partial charge in [-0.05, 0) is 62.1 Å². The van der Waals surface area contributed by atoms with Gasteiger partial charge in [0.05, 0.1) is 10.5 Å². The third-order valence-electron chi connectivity index (χ3n) is 5.16. The summed E-state index contributed by atoms with van der Waals surface area (Å²) in [6, 6.07) is 8.31. The van der Waals surface area contributed by atoms with Crippen LogP contribution < -0.4 is 10.9 Å². The molecule has 9 heteroatoms. The summed E-state index contributed by atoms with van der Waals surface area (Å²) < 4.78 is 27.1. The third kappa shape index (κ3) is 4.80. The number of benzene rings is 1. The van der Waals surface area contributed by atoms with E-state index in [0.717, 1.165) is 11.1 Å². The predicted octanol–water partition coefficient (Wildman–Crippen LogP) is 1.56. The van der Waals surface area contributed by atoms with Crippen LogP contribution >= 0.6 is 0 Å². The van der Waals surface area contributed by atoms with Crippen molar-refractivity contribution < 1.29 is 18.0 Å². The molecule has 2 amide bonds. The second kappa shape index (κ2) is 8.71. The number of sulfonamides is 1. The molecule has 1 aliphatic rings. The monoisotopic (exact) mass is 416 g/mol. The van der Waals surface area contributed by atoms with Crippen molar-refractivity contribution in [3.63, 3.8) is 0 Å². The molecule has 1 fully saturated rings. The fourth-order valence-corrected chi connectivity index (χ4v) is 4.73. The molecule has 2 N–H and O–H groups in total. The Balaban J connectivity index is 1.55. The van der Waals surface area contributed by atoms with Gasteiger partial charge < -0.3 is 0 Å². The van der Waals surface area contributed by atoms with Crippen LogP contribution in [0.2, 0.25) is 0 Å². The van der Waals surface area contributed by atoms with Crippen LogP contribution in [0.5, 0.6) is 0 Å². The van der Waals surface area contributed by atoms with Crippen LogP contribution in [0, 0.1) is 19.8 Å². The zero-order valence-corrected chi connectivity index (χ0v) is 17.2. The van der Waals surface area contributed by atoms with Gasteiger partial charge in [-0.15, -0.1) is 0 Å². The van der Waals surface area contributed by atoms with Gasteiger partial charge in [0.25, 0.3) is 5.91 Å². The first-order valence-corrected chi connectivity index (χ1v) is 10.8. The van der Waals surface area contributed by atoms with Gasteiger partial charge in [0, 0.05) is 31.4 Å². The lowest BCUT2D eigenvalue weighted by atomic mass is 9.98. The van der Waals surface area contributed by atoms with Gasteiger partial charge in [-0.25, -0.2) is 8.42 Å². The number of amides is 2. The number of nitrogens with zero attached hydrogens (tertiary/aromatic N) is 2. The van der Waals surface area contributed by atoms with Crippen molar-refractivity contribution in [2.24, 2.45) is 5.92 Å². The Labute approximate surface area is 170 Å². The lowest BCUT2D eigenvalue weighted by Crippen LogP contribution is -2.48. The molecule has 0 saturated carbocycles. The highest BCUT2D eigenvalue weighted by Crippen LogP contribution is 2.25. The Hall–Kier alpha value is -2.78. The molecule has 154 valence electrons. The molecule has 0 unspecified atom stereocenters. The van der Waals surface area contributed by atoms with Gasteiger partial charge in [0.2, 0.25) is 15.9 Å². The minimum Gasteiger partial charge on any atom is -0.273 e. The maximum atomic E-state index is 12.9. The van der Waals surface area contributed by atoms with E-state index < -0.39 is 15.9 Å². The number of hydrogen-bond donors (Lipinski definition) is 2. The highest BCUT2D eigenvalue weighted by Gasteiger charge is 2.32. The summed E-state index contributed by atoms with van der Waals surface area (Å²) in [6.07, 6.45) is 3.73. The normalized spacial score (nSPS) is 15.7. The highest BCUT2D eigenvalue weighted by atomic mass is 32.2. The second-order valence-electron chi connectivity index (χ2n) is 7.11. The molecule has 0 atom stereocenters. The quantitative estimate of drug-likeness (QED) is 0.736. The second-order valence-corrected chi connectivity index (χ2v) is 9.05. The number of piperidine rings is 1. The Morgan fingerprint density at radius 2 is 1.79 bits per heavy atom. The van der Waals surface area contributed by atoms with Crippen molar-refractivity contribution in [1.29, 1.82) is 0 Å². The SMILES string of the molecule is Cc1ccc(S(=O)(=O)N2CCC(C(=O)NNC(=O)c3cccnc3)CC2)cc1C. The Morgan fingerprint density at radius 3 is 2.41 bits per heavy atom. The molecule has 2 aromatic rings. The van der Waals surface area contributed by atoms with Crippen LogP contribution in [0.3, 0.4) is 0 Å². The van der Waals surface area contributed by atoms with Crippen molar-refractivity contribution in [2.75, 3.05) is 13.1 Å². The number of aryl methyl sites for hydroxylation is 2. The fraction of sp³-hybridized carbons (Fsp3) is 0.350. The molecule has 1 saturated heterocycles. The molecule has 1 aliphatic heterocycles. The number of nitrogens with one attached hydrogen (secondary N) is 2. The van der Waals surface area contributed by atoms with E-state index in [4.69, 9.17) is 0 Å². The molecular formula is C20H24N4O4S.